The molecule has 0 unspecified atom stereocenters. The van der Waals surface area contributed by atoms with Crippen LogP contribution in [0.3, 0.4) is 0 Å². The molecule has 1 N–H and O–H groups in total. The van der Waals surface area contributed by atoms with Crippen molar-refractivity contribution in [1.29, 1.82) is 0 Å². The van der Waals surface area contributed by atoms with Crippen LogP contribution in [0, 0.1) is 0 Å². The number of benzene rings is 2. The van der Waals surface area contributed by atoms with Crippen molar-refractivity contribution in [3.63, 3.8) is 0 Å². The highest BCUT2D eigenvalue weighted by Gasteiger charge is 2.18. The maximum atomic E-state index is 12.6. The molecule has 150 valence electrons. The normalized spacial score (nSPS) is 11.9. The molecular formula is C23H30N2O3. The largest absolute Gasteiger partial charge is 0.461 e. The maximum absolute atomic E-state index is 12.6. The number of nitrogens with zero attached hydrogens (tertiary/aromatic N) is 1. The quantitative estimate of drug-likeness (QED) is 0.622. The van der Waals surface area contributed by atoms with Crippen molar-refractivity contribution in [3.05, 3.63) is 65.7 Å². The van der Waals surface area contributed by atoms with Crippen molar-refractivity contribution in [1.82, 2.24) is 4.90 Å². The summed E-state index contributed by atoms with van der Waals surface area (Å²) >= 11 is 0. The number of amides is 1. The number of carbonyl (C=O) groups is 2. The molecule has 0 saturated heterocycles. The van der Waals surface area contributed by atoms with Gasteiger partial charge in [-0.3, -0.25) is 4.79 Å². The maximum Gasteiger partial charge on any atom is 0.338 e. The van der Waals surface area contributed by atoms with Gasteiger partial charge in [0.2, 0.25) is 5.91 Å². The highest BCUT2D eigenvalue weighted by molar-refractivity contribution is 5.96. The first-order valence-corrected chi connectivity index (χ1v) is 9.94. The number of carbonyl (C=O) groups excluding carboxylic acids is 2. The Morgan fingerprint density at radius 3 is 2.18 bits per heavy atom. The molecule has 2 aromatic carbocycles. The summed E-state index contributed by atoms with van der Waals surface area (Å²) in [6, 6.07) is 16.6. The summed E-state index contributed by atoms with van der Waals surface area (Å²) in [5, 5.41) is 2.93. The lowest BCUT2D eigenvalue weighted by atomic mass is 9.95. The van der Waals surface area contributed by atoms with Gasteiger partial charge in [-0.2, -0.15) is 0 Å². The monoisotopic (exact) mass is 382 g/mol. The third kappa shape index (κ3) is 6.20. The van der Waals surface area contributed by atoms with Crippen LogP contribution in [0.5, 0.6) is 0 Å². The van der Waals surface area contributed by atoms with Crippen LogP contribution in [0.25, 0.3) is 0 Å². The fraction of sp³-hybridized carbons (Fsp3) is 0.391. The Labute approximate surface area is 167 Å². The van der Waals surface area contributed by atoms with Gasteiger partial charge >= 0.3 is 5.97 Å². The van der Waals surface area contributed by atoms with E-state index in [2.05, 4.69) is 24.1 Å². The number of hydrogen-bond acceptors (Lipinski definition) is 4. The van der Waals surface area contributed by atoms with E-state index in [9.17, 15) is 9.59 Å². The SMILES string of the molecule is CC[C@H](C(=O)Nc1ccc(C(=O)OCCN(CC)CC)cc1)c1ccccc1. The van der Waals surface area contributed by atoms with Crippen LogP contribution < -0.4 is 5.32 Å². The number of likely N-dealkylation sites (N-methyl/N-ethyl adjacent to an activating group) is 1. The topological polar surface area (TPSA) is 58.6 Å². The first-order chi connectivity index (χ1) is 13.6. The van der Waals surface area contributed by atoms with E-state index < -0.39 is 0 Å². The van der Waals surface area contributed by atoms with Gasteiger partial charge in [-0.15, -0.1) is 0 Å². The molecule has 0 saturated carbocycles. The average Bonchev–Trinajstić information content (AvgIpc) is 2.73. The second-order valence-electron chi connectivity index (χ2n) is 6.60. The van der Waals surface area contributed by atoms with Crippen molar-refractivity contribution in [2.45, 2.75) is 33.1 Å². The first kappa shape index (κ1) is 21.6. The van der Waals surface area contributed by atoms with Crippen molar-refractivity contribution >= 4 is 17.6 Å². The first-order valence-electron chi connectivity index (χ1n) is 9.94. The van der Waals surface area contributed by atoms with Gasteiger partial charge in [-0.1, -0.05) is 51.1 Å². The summed E-state index contributed by atoms with van der Waals surface area (Å²) in [5.74, 6) is -0.602. The number of anilines is 1. The minimum Gasteiger partial charge on any atom is -0.461 e. The van der Waals surface area contributed by atoms with E-state index in [1.165, 1.54) is 0 Å². The fourth-order valence-electron chi connectivity index (χ4n) is 3.07. The van der Waals surface area contributed by atoms with Gasteiger partial charge in [0.1, 0.15) is 6.61 Å². The van der Waals surface area contributed by atoms with Crippen molar-refractivity contribution in [3.8, 4) is 0 Å². The molecule has 5 heteroatoms. The molecule has 28 heavy (non-hydrogen) atoms. The van der Waals surface area contributed by atoms with Crippen LogP contribution in [0.1, 0.15) is 49.0 Å². The number of hydrogen-bond donors (Lipinski definition) is 1. The van der Waals surface area contributed by atoms with Crippen LogP contribution in [-0.2, 0) is 9.53 Å². The zero-order valence-corrected chi connectivity index (χ0v) is 17.0. The van der Waals surface area contributed by atoms with E-state index >= 15 is 0 Å². The lowest BCUT2D eigenvalue weighted by Gasteiger charge is -2.17. The number of ether oxygens (including phenoxy) is 1. The minimum absolute atomic E-state index is 0.0525. The Morgan fingerprint density at radius 2 is 1.61 bits per heavy atom. The molecule has 0 heterocycles. The number of nitrogens with one attached hydrogen (secondary N) is 1. The molecular weight excluding hydrogens is 352 g/mol. The standard InChI is InChI=1S/C23H30N2O3/c1-4-21(18-10-8-7-9-11-18)22(26)24-20-14-12-19(13-15-20)23(27)28-17-16-25(5-2)6-3/h7-15,21H,4-6,16-17H2,1-3H3,(H,24,26)/t21-/m0/s1. The zero-order chi connectivity index (χ0) is 20.4. The number of esters is 1. The van der Waals surface area contributed by atoms with E-state index in [1.54, 1.807) is 24.3 Å². The molecule has 2 aromatic rings. The molecule has 0 bridgehead atoms. The third-order valence-electron chi connectivity index (χ3n) is 4.85. The van der Waals surface area contributed by atoms with Gasteiger partial charge in [0.05, 0.1) is 11.5 Å². The smallest absolute Gasteiger partial charge is 0.338 e. The zero-order valence-electron chi connectivity index (χ0n) is 17.0. The predicted molar refractivity (Wildman–Crippen MR) is 113 cm³/mol. The van der Waals surface area contributed by atoms with Crippen LogP contribution in [0.4, 0.5) is 5.69 Å². The molecule has 0 fully saturated rings. The summed E-state index contributed by atoms with van der Waals surface area (Å²) < 4.78 is 5.33. The molecule has 1 amide bonds. The second kappa shape index (κ2) is 11.2. The van der Waals surface area contributed by atoms with Crippen molar-refractivity contribution < 1.29 is 14.3 Å². The van der Waals surface area contributed by atoms with Gasteiger partial charge in [-0.05, 0) is 49.3 Å². The third-order valence-corrected chi connectivity index (χ3v) is 4.85. The highest BCUT2D eigenvalue weighted by Crippen LogP contribution is 2.21. The molecule has 2 rings (SSSR count). The van der Waals surface area contributed by atoms with Crippen molar-refractivity contribution in [2.75, 3.05) is 31.6 Å². The van der Waals surface area contributed by atoms with Crippen LogP contribution >= 0.6 is 0 Å². The molecule has 5 nitrogen and oxygen atoms in total. The molecule has 0 aromatic heterocycles. The van der Waals surface area contributed by atoms with E-state index in [1.807, 2.05) is 37.3 Å². The lowest BCUT2D eigenvalue weighted by Crippen LogP contribution is -2.27. The van der Waals surface area contributed by atoms with Crippen LogP contribution in [-0.4, -0.2) is 43.0 Å². The Balaban J connectivity index is 1.91. The molecule has 0 aliphatic carbocycles. The van der Waals surface area contributed by atoms with E-state index in [4.69, 9.17) is 4.74 Å². The Morgan fingerprint density at radius 1 is 0.964 bits per heavy atom. The lowest BCUT2D eigenvalue weighted by molar-refractivity contribution is -0.117. The molecule has 0 spiro atoms. The molecule has 0 aliphatic rings. The van der Waals surface area contributed by atoms with Crippen LogP contribution in [0.15, 0.2) is 54.6 Å². The highest BCUT2D eigenvalue weighted by atomic mass is 16.5. The predicted octanol–water partition coefficient (Wildman–Crippen LogP) is 4.32. The van der Waals surface area contributed by atoms with Crippen LogP contribution in [0.2, 0.25) is 0 Å². The summed E-state index contributed by atoms with van der Waals surface area (Å²) in [4.78, 5) is 27.0. The average molecular weight is 383 g/mol. The van der Waals surface area contributed by atoms with E-state index in [-0.39, 0.29) is 17.8 Å². The minimum atomic E-state index is -0.347. The molecule has 0 aliphatic heterocycles. The summed E-state index contributed by atoms with van der Waals surface area (Å²) in [6.07, 6.45) is 0.715. The fourth-order valence-corrected chi connectivity index (χ4v) is 3.07. The van der Waals surface area contributed by atoms with Gasteiger partial charge in [0, 0.05) is 12.2 Å². The van der Waals surface area contributed by atoms with Gasteiger partial charge in [-0.25, -0.2) is 4.79 Å². The van der Waals surface area contributed by atoms with Crippen molar-refractivity contribution in [2.24, 2.45) is 0 Å². The summed E-state index contributed by atoms with van der Waals surface area (Å²) in [6.45, 7) is 9.13. The van der Waals surface area contributed by atoms with Gasteiger partial charge < -0.3 is 15.0 Å². The second-order valence-corrected chi connectivity index (χ2v) is 6.60. The Hall–Kier alpha value is -2.66. The number of rotatable bonds is 10. The summed E-state index contributed by atoms with van der Waals surface area (Å²) in [7, 11) is 0. The summed E-state index contributed by atoms with van der Waals surface area (Å²) in [5.41, 5.74) is 2.14. The molecule has 0 radical (unpaired) electrons. The van der Waals surface area contributed by atoms with Gasteiger partial charge in [0.15, 0.2) is 0 Å². The van der Waals surface area contributed by atoms with E-state index in [0.717, 1.165) is 25.2 Å². The van der Waals surface area contributed by atoms with E-state index in [0.29, 0.717) is 24.3 Å². The Bertz CT molecular complexity index is 740. The Kier molecular flexibility index (Phi) is 8.69. The van der Waals surface area contributed by atoms with Gasteiger partial charge in [0.25, 0.3) is 0 Å². The molecule has 1 atom stereocenters.